The summed E-state index contributed by atoms with van der Waals surface area (Å²) in [7, 11) is 0. The molecule has 4 nitrogen and oxygen atoms in total. The van der Waals surface area contributed by atoms with Crippen LogP contribution >= 0.6 is 11.3 Å². The molecule has 0 unspecified atom stereocenters. The number of aryl methyl sites for hydroxylation is 1. The Morgan fingerprint density at radius 1 is 1.41 bits per heavy atom. The summed E-state index contributed by atoms with van der Waals surface area (Å²) in [6.07, 6.45) is 3.94. The fraction of sp³-hybridized carbons (Fsp3) is 0.647. The van der Waals surface area contributed by atoms with E-state index in [0.717, 1.165) is 32.4 Å². The van der Waals surface area contributed by atoms with Crippen LogP contribution in [0.2, 0.25) is 0 Å². The molecule has 0 aromatic carbocycles. The molecule has 0 radical (unpaired) electrons. The van der Waals surface area contributed by atoms with Gasteiger partial charge in [-0.3, -0.25) is 9.59 Å². The van der Waals surface area contributed by atoms with Crippen LogP contribution in [0, 0.1) is 18.8 Å². The van der Waals surface area contributed by atoms with Crippen molar-refractivity contribution in [2.24, 2.45) is 11.8 Å². The Balaban J connectivity index is 1.53. The SMILES string of the molecule is Cc1ccc([C@@H]2C[C@@H]2C(=O)N2CCC[C@@H](CCC(=O)O)C2)s1. The molecule has 1 saturated carbocycles. The summed E-state index contributed by atoms with van der Waals surface area (Å²) in [5, 5.41) is 8.80. The maximum Gasteiger partial charge on any atom is 0.303 e. The van der Waals surface area contributed by atoms with Crippen LogP contribution in [0.4, 0.5) is 0 Å². The van der Waals surface area contributed by atoms with Crippen LogP contribution in [-0.2, 0) is 9.59 Å². The monoisotopic (exact) mass is 321 g/mol. The van der Waals surface area contributed by atoms with Crippen LogP contribution < -0.4 is 0 Å². The van der Waals surface area contributed by atoms with Gasteiger partial charge in [-0.25, -0.2) is 0 Å². The number of carbonyl (C=O) groups excluding carboxylic acids is 1. The Bertz CT molecular complexity index is 568. The average Bonchev–Trinajstić information content (AvgIpc) is 3.19. The Labute approximate surface area is 135 Å². The minimum absolute atomic E-state index is 0.163. The van der Waals surface area contributed by atoms with E-state index in [1.165, 1.54) is 9.75 Å². The van der Waals surface area contributed by atoms with Gasteiger partial charge in [-0.1, -0.05) is 0 Å². The third kappa shape index (κ3) is 3.51. The predicted molar refractivity (Wildman–Crippen MR) is 86.1 cm³/mol. The highest BCUT2D eigenvalue weighted by Gasteiger charge is 2.46. The number of carboxylic acid groups (broad SMARTS) is 1. The van der Waals surface area contributed by atoms with Crippen LogP contribution in [0.3, 0.4) is 0 Å². The van der Waals surface area contributed by atoms with Gasteiger partial charge in [0.05, 0.1) is 0 Å². The number of rotatable bonds is 5. The van der Waals surface area contributed by atoms with E-state index in [1.807, 2.05) is 4.90 Å². The van der Waals surface area contributed by atoms with Crippen molar-refractivity contribution in [3.05, 3.63) is 21.9 Å². The third-order valence-electron chi connectivity index (χ3n) is 4.83. The predicted octanol–water partition coefficient (Wildman–Crippen LogP) is 3.26. The van der Waals surface area contributed by atoms with E-state index < -0.39 is 5.97 Å². The van der Waals surface area contributed by atoms with Crippen molar-refractivity contribution in [2.75, 3.05) is 13.1 Å². The largest absolute Gasteiger partial charge is 0.481 e. The lowest BCUT2D eigenvalue weighted by atomic mass is 9.93. The molecule has 1 aliphatic heterocycles. The molecule has 22 heavy (non-hydrogen) atoms. The number of hydrogen-bond acceptors (Lipinski definition) is 3. The van der Waals surface area contributed by atoms with Gasteiger partial charge in [0.15, 0.2) is 0 Å². The number of aliphatic carboxylic acids is 1. The lowest BCUT2D eigenvalue weighted by Crippen LogP contribution is -2.41. The maximum absolute atomic E-state index is 12.6. The number of likely N-dealkylation sites (tertiary alicyclic amines) is 1. The van der Waals surface area contributed by atoms with E-state index in [4.69, 9.17) is 5.11 Å². The standard InChI is InChI=1S/C17H23NO3S/c1-11-4-6-15(22-11)13-9-14(13)17(21)18-8-2-3-12(10-18)5-7-16(19)20/h4,6,12-14H,2-3,5,7-10H2,1H3,(H,19,20)/t12-,13+,14-/m0/s1. The van der Waals surface area contributed by atoms with Gasteiger partial charge in [0.1, 0.15) is 0 Å². The third-order valence-corrected chi connectivity index (χ3v) is 5.96. The molecule has 3 rings (SSSR count). The van der Waals surface area contributed by atoms with Crippen LogP contribution in [0.1, 0.15) is 47.8 Å². The molecule has 0 bridgehead atoms. The van der Waals surface area contributed by atoms with Crippen LogP contribution in [0.5, 0.6) is 0 Å². The highest BCUT2D eigenvalue weighted by atomic mass is 32.1. The van der Waals surface area contributed by atoms with Gasteiger partial charge < -0.3 is 10.0 Å². The second-order valence-corrected chi connectivity index (χ2v) is 7.94. The lowest BCUT2D eigenvalue weighted by molar-refractivity contribution is -0.137. The number of carboxylic acids is 1. The number of hydrogen-bond donors (Lipinski definition) is 1. The smallest absolute Gasteiger partial charge is 0.303 e. The fourth-order valence-electron chi connectivity index (χ4n) is 3.50. The molecule has 2 fully saturated rings. The van der Waals surface area contributed by atoms with Gasteiger partial charge in [-0.2, -0.15) is 0 Å². The summed E-state index contributed by atoms with van der Waals surface area (Å²) in [6.45, 7) is 3.69. The number of carbonyl (C=O) groups is 2. The average molecular weight is 321 g/mol. The van der Waals surface area contributed by atoms with Gasteiger partial charge in [-0.15, -0.1) is 11.3 Å². The lowest BCUT2D eigenvalue weighted by Gasteiger charge is -2.33. The topological polar surface area (TPSA) is 57.6 Å². The summed E-state index contributed by atoms with van der Waals surface area (Å²) >= 11 is 1.80. The maximum atomic E-state index is 12.6. The van der Waals surface area contributed by atoms with Crippen LogP contribution in [-0.4, -0.2) is 35.0 Å². The number of piperidine rings is 1. The molecule has 1 amide bonds. The molecule has 2 aliphatic rings. The Kier molecular flexibility index (Phi) is 4.52. The Morgan fingerprint density at radius 3 is 2.91 bits per heavy atom. The highest BCUT2D eigenvalue weighted by Crippen LogP contribution is 2.50. The Morgan fingerprint density at radius 2 is 2.23 bits per heavy atom. The summed E-state index contributed by atoms with van der Waals surface area (Å²) in [5.41, 5.74) is 0. The van der Waals surface area contributed by atoms with E-state index in [0.29, 0.717) is 18.3 Å². The van der Waals surface area contributed by atoms with Crippen molar-refractivity contribution < 1.29 is 14.7 Å². The number of thiophene rings is 1. The summed E-state index contributed by atoms with van der Waals surface area (Å²) in [4.78, 5) is 28.0. The van der Waals surface area contributed by atoms with Crippen LogP contribution in [0.25, 0.3) is 0 Å². The summed E-state index contributed by atoms with van der Waals surface area (Å²) in [5.74, 6) is 0.492. The molecule has 120 valence electrons. The van der Waals surface area contributed by atoms with Crippen molar-refractivity contribution in [1.82, 2.24) is 4.90 Å². The first-order valence-electron chi connectivity index (χ1n) is 8.11. The second kappa shape index (κ2) is 6.41. The molecule has 1 N–H and O–H groups in total. The van der Waals surface area contributed by atoms with Crippen molar-refractivity contribution in [1.29, 1.82) is 0 Å². The summed E-state index contributed by atoms with van der Waals surface area (Å²) in [6, 6.07) is 4.28. The van der Waals surface area contributed by atoms with E-state index in [1.54, 1.807) is 11.3 Å². The van der Waals surface area contributed by atoms with Gasteiger partial charge in [0.25, 0.3) is 0 Å². The van der Waals surface area contributed by atoms with Gasteiger partial charge in [0.2, 0.25) is 5.91 Å². The Hall–Kier alpha value is -1.36. The molecule has 2 heterocycles. The zero-order valence-corrected chi connectivity index (χ0v) is 13.8. The first-order chi connectivity index (χ1) is 10.5. The molecular formula is C17H23NO3S. The van der Waals surface area contributed by atoms with E-state index in [-0.39, 0.29) is 18.2 Å². The normalized spacial score (nSPS) is 27.7. The van der Waals surface area contributed by atoms with Crippen molar-refractivity contribution in [3.63, 3.8) is 0 Å². The van der Waals surface area contributed by atoms with E-state index >= 15 is 0 Å². The molecule has 1 aromatic heterocycles. The quantitative estimate of drug-likeness (QED) is 0.905. The van der Waals surface area contributed by atoms with Gasteiger partial charge in [0, 0.05) is 41.1 Å². The second-order valence-electron chi connectivity index (χ2n) is 6.62. The number of amides is 1. The summed E-state index contributed by atoms with van der Waals surface area (Å²) < 4.78 is 0. The molecule has 1 saturated heterocycles. The molecule has 0 spiro atoms. The molecule has 1 aromatic rings. The van der Waals surface area contributed by atoms with Crippen molar-refractivity contribution >= 4 is 23.2 Å². The first kappa shape index (κ1) is 15.5. The molecule has 1 aliphatic carbocycles. The first-order valence-corrected chi connectivity index (χ1v) is 8.93. The molecule has 5 heteroatoms. The highest BCUT2D eigenvalue weighted by molar-refractivity contribution is 7.12. The van der Waals surface area contributed by atoms with Crippen LogP contribution in [0.15, 0.2) is 12.1 Å². The van der Waals surface area contributed by atoms with Gasteiger partial charge in [-0.05, 0) is 50.7 Å². The van der Waals surface area contributed by atoms with Gasteiger partial charge >= 0.3 is 5.97 Å². The fourth-order valence-corrected chi connectivity index (χ4v) is 4.55. The zero-order chi connectivity index (χ0) is 15.7. The zero-order valence-electron chi connectivity index (χ0n) is 13.0. The minimum atomic E-state index is -0.737. The van der Waals surface area contributed by atoms with E-state index in [9.17, 15) is 9.59 Å². The van der Waals surface area contributed by atoms with Crippen molar-refractivity contribution in [2.45, 2.75) is 44.9 Å². The van der Waals surface area contributed by atoms with Crippen molar-refractivity contribution in [3.8, 4) is 0 Å². The minimum Gasteiger partial charge on any atom is -0.481 e. The number of nitrogens with zero attached hydrogens (tertiary/aromatic N) is 1. The molecular weight excluding hydrogens is 298 g/mol. The van der Waals surface area contributed by atoms with E-state index in [2.05, 4.69) is 19.1 Å². The molecule has 3 atom stereocenters.